The van der Waals surface area contributed by atoms with E-state index in [-0.39, 0.29) is 0 Å². The Hall–Kier alpha value is 0.400. The van der Waals surface area contributed by atoms with E-state index in [4.69, 9.17) is 0 Å². The molecule has 2 aliphatic rings. The first-order chi connectivity index (χ1) is 10.6. The Labute approximate surface area is 149 Å². The number of rotatable bonds is 3. The van der Waals surface area contributed by atoms with Crippen LogP contribution in [0.3, 0.4) is 0 Å². The molecule has 3 rings (SSSR count). The lowest BCUT2D eigenvalue weighted by Gasteiger charge is -2.33. The van der Waals surface area contributed by atoms with Crippen molar-refractivity contribution in [3.05, 3.63) is 15.9 Å². The lowest BCUT2D eigenvalue weighted by molar-refractivity contribution is 0.210. The SMILES string of the molecule is O=S(=O)(c1ccc(Br)s1)N1CCCN([C@@H]2CCCSC2)CC1. The van der Waals surface area contributed by atoms with Crippen LogP contribution in [-0.2, 0) is 10.0 Å². The van der Waals surface area contributed by atoms with Gasteiger partial charge in [0.05, 0.1) is 3.79 Å². The van der Waals surface area contributed by atoms with Gasteiger partial charge in [0, 0.05) is 31.4 Å². The van der Waals surface area contributed by atoms with Crippen LogP contribution in [0, 0.1) is 0 Å². The highest BCUT2D eigenvalue weighted by Gasteiger charge is 2.30. The molecule has 2 saturated heterocycles. The van der Waals surface area contributed by atoms with Crippen molar-refractivity contribution in [1.82, 2.24) is 9.21 Å². The zero-order valence-corrected chi connectivity index (χ0v) is 16.4. The maximum atomic E-state index is 12.7. The zero-order valence-electron chi connectivity index (χ0n) is 12.4. The molecule has 124 valence electrons. The topological polar surface area (TPSA) is 40.6 Å². The van der Waals surface area contributed by atoms with Crippen molar-refractivity contribution >= 4 is 49.1 Å². The highest BCUT2D eigenvalue weighted by Crippen LogP contribution is 2.29. The number of thioether (sulfide) groups is 1. The largest absolute Gasteiger partial charge is 0.298 e. The van der Waals surface area contributed by atoms with Crippen molar-refractivity contribution in [3.8, 4) is 0 Å². The molecule has 1 aromatic rings. The monoisotopic (exact) mass is 424 g/mol. The van der Waals surface area contributed by atoms with Crippen molar-refractivity contribution < 1.29 is 8.42 Å². The molecule has 0 bridgehead atoms. The summed E-state index contributed by atoms with van der Waals surface area (Å²) in [5.74, 6) is 2.47. The van der Waals surface area contributed by atoms with E-state index >= 15 is 0 Å². The number of hydrogen-bond acceptors (Lipinski definition) is 5. The standard InChI is InChI=1S/C14H21BrN2O2S3/c15-13-4-5-14(21-13)22(18,19)17-7-2-6-16(8-9-17)12-3-1-10-20-11-12/h4-5,12H,1-3,6-11H2/t12-/m1/s1. The van der Waals surface area contributed by atoms with Gasteiger partial charge in [0.25, 0.3) is 10.0 Å². The van der Waals surface area contributed by atoms with E-state index < -0.39 is 10.0 Å². The van der Waals surface area contributed by atoms with Gasteiger partial charge in [-0.05, 0) is 59.6 Å². The van der Waals surface area contributed by atoms with Crippen LogP contribution < -0.4 is 0 Å². The maximum absolute atomic E-state index is 12.7. The number of sulfonamides is 1. The van der Waals surface area contributed by atoms with Crippen molar-refractivity contribution in [2.24, 2.45) is 0 Å². The minimum atomic E-state index is -3.33. The fourth-order valence-electron chi connectivity index (χ4n) is 3.09. The van der Waals surface area contributed by atoms with Gasteiger partial charge in [-0.1, -0.05) is 0 Å². The van der Waals surface area contributed by atoms with Crippen molar-refractivity contribution in [2.75, 3.05) is 37.7 Å². The van der Waals surface area contributed by atoms with Crippen LogP contribution in [0.4, 0.5) is 0 Å². The molecule has 1 atom stereocenters. The summed E-state index contributed by atoms with van der Waals surface area (Å²) in [6.07, 6.45) is 3.47. The lowest BCUT2D eigenvalue weighted by Crippen LogP contribution is -2.41. The fourth-order valence-corrected chi connectivity index (χ4v) is 7.92. The van der Waals surface area contributed by atoms with Gasteiger partial charge in [0.1, 0.15) is 4.21 Å². The molecule has 0 spiro atoms. The van der Waals surface area contributed by atoms with Gasteiger partial charge in [-0.2, -0.15) is 16.1 Å². The molecule has 4 nitrogen and oxygen atoms in total. The molecule has 3 heterocycles. The summed E-state index contributed by atoms with van der Waals surface area (Å²) < 4.78 is 28.4. The van der Waals surface area contributed by atoms with Gasteiger partial charge in [-0.15, -0.1) is 11.3 Å². The lowest BCUT2D eigenvalue weighted by atomic mass is 10.1. The molecule has 0 aliphatic carbocycles. The summed E-state index contributed by atoms with van der Waals surface area (Å²) >= 11 is 6.68. The second-order valence-corrected chi connectivity index (χ2v) is 11.5. The van der Waals surface area contributed by atoms with Crippen molar-refractivity contribution in [3.63, 3.8) is 0 Å². The molecule has 2 aliphatic heterocycles. The highest BCUT2D eigenvalue weighted by atomic mass is 79.9. The van der Waals surface area contributed by atoms with Crippen LogP contribution in [0.2, 0.25) is 0 Å². The van der Waals surface area contributed by atoms with Crippen LogP contribution in [0.25, 0.3) is 0 Å². The Morgan fingerprint density at radius 3 is 2.68 bits per heavy atom. The Morgan fingerprint density at radius 2 is 2.00 bits per heavy atom. The summed E-state index contributed by atoms with van der Waals surface area (Å²) in [4.78, 5) is 2.51. The molecule has 2 fully saturated rings. The van der Waals surface area contributed by atoms with Gasteiger partial charge in [0.2, 0.25) is 0 Å². The molecule has 0 radical (unpaired) electrons. The van der Waals surface area contributed by atoms with Gasteiger partial charge < -0.3 is 0 Å². The average molecular weight is 425 g/mol. The van der Waals surface area contributed by atoms with Gasteiger partial charge in [0.15, 0.2) is 0 Å². The normalized spacial score (nSPS) is 26.0. The first kappa shape index (κ1) is 17.2. The number of nitrogens with zero attached hydrogens (tertiary/aromatic N) is 2. The Kier molecular flexibility index (Phi) is 5.89. The van der Waals surface area contributed by atoms with Crippen LogP contribution in [0.15, 0.2) is 20.1 Å². The first-order valence-corrected chi connectivity index (χ1v) is 11.8. The van der Waals surface area contributed by atoms with E-state index in [2.05, 4.69) is 20.8 Å². The maximum Gasteiger partial charge on any atom is 0.252 e. The quantitative estimate of drug-likeness (QED) is 0.746. The molecule has 8 heteroatoms. The molecule has 0 saturated carbocycles. The summed E-state index contributed by atoms with van der Waals surface area (Å²) in [7, 11) is -3.33. The molecule has 0 aromatic carbocycles. The van der Waals surface area contributed by atoms with Gasteiger partial charge in [-0.25, -0.2) is 8.42 Å². The van der Waals surface area contributed by atoms with E-state index in [0.717, 1.165) is 23.3 Å². The Balaban J connectivity index is 1.67. The van der Waals surface area contributed by atoms with E-state index in [0.29, 0.717) is 23.3 Å². The van der Waals surface area contributed by atoms with E-state index in [9.17, 15) is 8.42 Å². The van der Waals surface area contributed by atoms with Crippen LogP contribution in [-0.4, -0.2) is 61.3 Å². The fraction of sp³-hybridized carbons (Fsp3) is 0.714. The zero-order chi connectivity index (χ0) is 15.6. The smallest absolute Gasteiger partial charge is 0.252 e. The van der Waals surface area contributed by atoms with E-state index in [1.54, 1.807) is 16.4 Å². The summed E-state index contributed by atoms with van der Waals surface area (Å²) in [5.41, 5.74) is 0. The van der Waals surface area contributed by atoms with Crippen LogP contribution in [0.5, 0.6) is 0 Å². The molecule has 0 amide bonds. The summed E-state index contributed by atoms with van der Waals surface area (Å²) in [5, 5.41) is 0. The number of halogens is 1. The van der Waals surface area contributed by atoms with Crippen LogP contribution >= 0.6 is 39.0 Å². The number of thiophene rings is 1. The minimum Gasteiger partial charge on any atom is -0.298 e. The second-order valence-electron chi connectivity index (χ2n) is 5.72. The summed E-state index contributed by atoms with van der Waals surface area (Å²) in [6.45, 7) is 3.12. The second kappa shape index (κ2) is 7.53. The number of hydrogen-bond donors (Lipinski definition) is 0. The Morgan fingerprint density at radius 1 is 1.14 bits per heavy atom. The first-order valence-electron chi connectivity index (χ1n) is 7.64. The van der Waals surface area contributed by atoms with Crippen molar-refractivity contribution in [1.29, 1.82) is 0 Å². The van der Waals surface area contributed by atoms with E-state index in [1.807, 2.05) is 11.8 Å². The average Bonchev–Trinajstić information content (AvgIpc) is 2.82. The van der Waals surface area contributed by atoms with Gasteiger partial charge in [-0.3, -0.25) is 4.90 Å². The highest BCUT2D eigenvalue weighted by molar-refractivity contribution is 9.11. The predicted molar refractivity (Wildman–Crippen MR) is 97.3 cm³/mol. The minimum absolute atomic E-state index is 0.445. The molecule has 1 aromatic heterocycles. The molecule has 0 unspecified atom stereocenters. The van der Waals surface area contributed by atoms with Crippen LogP contribution in [0.1, 0.15) is 19.3 Å². The third kappa shape index (κ3) is 3.89. The molecular formula is C14H21BrN2O2S3. The summed E-state index contributed by atoms with van der Waals surface area (Å²) in [6, 6.07) is 4.14. The molecular weight excluding hydrogens is 404 g/mol. The Bertz CT molecular complexity index is 599. The third-order valence-electron chi connectivity index (χ3n) is 4.28. The van der Waals surface area contributed by atoms with Gasteiger partial charge >= 0.3 is 0 Å². The molecule has 22 heavy (non-hydrogen) atoms. The third-order valence-corrected chi connectivity index (χ3v) is 9.47. The molecule has 0 N–H and O–H groups in total. The predicted octanol–water partition coefficient (Wildman–Crippen LogP) is 3.10. The van der Waals surface area contributed by atoms with Crippen molar-refractivity contribution in [2.45, 2.75) is 29.5 Å². The van der Waals surface area contributed by atoms with E-state index in [1.165, 1.54) is 35.7 Å².